The molecule has 28 heavy (non-hydrogen) atoms. The molecule has 0 aliphatic rings. The van der Waals surface area contributed by atoms with Crippen molar-refractivity contribution in [3.8, 4) is 0 Å². The molecule has 0 bridgehead atoms. The number of hydrogen-bond donors (Lipinski definition) is 1. The molecule has 0 spiro atoms. The molecule has 8 heteroatoms. The molecule has 0 aliphatic heterocycles. The summed E-state index contributed by atoms with van der Waals surface area (Å²) >= 11 is 7.16. The van der Waals surface area contributed by atoms with Crippen LogP contribution in [0.5, 0.6) is 0 Å². The third kappa shape index (κ3) is 4.92. The van der Waals surface area contributed by atoms with E-state index in [1.165, 1.54) is 6.07 Å². The average Bonchev–Trinajstić information content (AvgIpc) is 3.21. The molecule has 1 aromatic heterocycles. The highest BCUT2D eigenvalue weighted by Gasteiger charge is 2.18. The van der Waals surface area contributed by atoms with Gasteiger partial charge >= 0.3 is 0 Å². The molecule has 2 aromatic carbocycles. The highest BCUT2D eigenvalue weighted by Crippen LogP contribution is 2.22. The van der Waals surface area contributed by atoms with E-state index in [1.54, 1.807) is 46.7 Å². The van der Waals surface area contributed by atoms with Crippen LogP contribution in [-0.2, 0) is 16.6 Å². The van der Waals surface area contributed by atoms with Crippen LogP contribution in [0.1, 0.15) is 22.8 Å². The summed E-state index contributed by atoms with van der Waals surface area (Å²) in [5.41, 5.74) is 1.69. The lowest BCUT2D eigenvalue weighted by Crippen LogP contribution is -2.30. The van der Waals surface area contributed by atoms with Crippen LogP contribution in [0.15, 0.2) is 70.3 Å². The van der Waals surface area contributed by atoms with E-state index >= 15 is 0 Å². The fourth-order valence-corrected chi connectivity index (χ4v) is 4.96. The Morgan fingerprint density at radius 2 is 1.89 bits per heavy atom. The lowest BCUT2D eigenvalue weighted by molar-refractivity contribution is 0.0752. The van der Waals surface area contributed by atoms with Crippen LogP contribution in [0.4, 0.5) is 5.69 Å². The molecule has 0 radical (unpaired) electrons. The summed E-state index contributed by atoms with van der Waals surface area (Å²) in [5, 5.41) is 2.31. The first-order valence-electron chi connectivity index (χ1n) is 8.59. The third-order valence-corrected chi connectivity index (χ3v) is 7.07. The van der Waals surface area contributed by atoms with Crippen LogP contribution in [0, 0.1) is 0 Å². The van der Waals surface area contributed by atoms with Gasteiger partial charge < -0.3 is 4.90 Å². The second-order valence-corrected chi connectivity index (χ2v) is 9.36. The normalized spacial score (nSPS) is 11.2. The molecule has 1 heterocycles. The Kier molecular flexibility index (Phi) is 6.39. The molecular weight excluding hydrogens is 416 g/mol. The Balaban J connectivity index is 1.79. The maximum absolute atomic E-state index is 12.9. The van der Waals surface area contributed by atoms with Gasteiger partial charge in [0.1, 0.15) is 4.21 Å². The third-order valence-electron chi connectivity index (χ3n) is 4.05. The van der Waals surface area contributed by atoms with Crippen LogP contribution in [0.25, 0.3) is 0 Å². The van der Waals surface area contributed by atoms with Crippen molar-refractivity contribution in [2.24, 2.45) is 0 Å². The number of rotatable bonds is 7. The van der Waals surface area contributed by atoms with E-state index in [-0.39, 0.29) is 10.1 Å². The van der Waals surface area contributed by atoms with Gasteiger partial charge in [-0.25, -0.2) is 8.42 Å². The highest BCUT2D eigenvalue weighted by atomic mass is 35.5. The number of anilines is 1. The van der Waals surface area contributed by atoms with Crippen molar-refractivity contribution in [3.05, 3.63) is 82.2 Å². The SMILES string of the molecule is CCN(Cc1cccc(Cl)c1)C(=O)c1cccc(NS(=O)(=O)c2cccs2)c1. The van der Waals surface area contributed by atoms with E-state index < -0.39 is 10.0 Å². The minimum absolute atomic E-state index is 0.181. The fourth-order valence-electron chi connectivity index (χ4n) is 2.70. The second-order valence-electron chi connectivity index (χ2n) is 6.07. The number of hydrogen-bond acceptors (Lipinski definition) is 4. The zero-order chi connectivity index (χ0) is 20.1. The van der Waals surface area contributed by atoms with Crippen LogP contribution < -0.4 is 4.72 Å². The standard InChI is InChI=1S/C20H19ClN2O3S2/c1-2-23(14-15-6-3-8-17(21)12-15)20(24)16-7-4-9-18(13-16)22-28(25,26)19-10-5-11-27-19/h3-13,22H,2,14H2,1H3. The summed E-state index contributed by atoms with van der Waals surface area (Å²) < 4.78 is 27.5. The predicted octanol–water partition coefficient (Wildman–Crippen LogP) is 4.86. The molecule has 3 aromatic rings. The molecule has 0 saturated heterocycles. The maximum atomic E-state index is 12.9. The van der Waals surface area contributed by atoms with Crippen LogP contribution in [0.2, 0.25) is 5.02 Å². The largest absolute Gasteiger partial charge is 0.335 e. The van der Waals surface area contributed by atoms with Crippen molar-refractivity contribution in [1.29, 1.82) is 0 Å². The molecular formula is C20H19ClN2O3S2. The minimum Gasteiger partial charge on any atom is -0.335 e. The van der Waals surface area contributed by atoms with Gasteiger partial charge in [0.2, 0.25) is 0 Å². The van der Waals surface area contributed by atoms with Crippen molar-refractivity contribution >= 4 is 44.6 Å². The number of halogens is 1. The first kappa shape index (κ1) is 20.4. The highest BCUT2D eigenvalue weighted by molar-refractivity contribution is 7.94. The van der Waals surface area contributed by atoms with E-state index in [0.29, 0.717) is 29.4 Å². The van der Waals surface area contributed by atoms with Gasteiger partial charge in [-0.1, -0.05) is 35.9 Å². The Labute approximate surface area is 173 Å². The van der Waals surface area contributed by atoms with E-state index in [0.717, 1.165) is 16.9 Å². The number of thiophene rings is 1. The summed E-state index contributed by atoms with van der Waals surface area (Å²) in [6.07, 6.45) is 0. The second kappa shape index (κ2) is 8.77. The van der Waals surface area contributed by atoms with Crippen molar-refractivity contribution in [3.63, 3.8) is 0 Å². The summed E-state index contributed by atoms with van der Waals surface area (Å²) in [4.78, 5) is 14.6. The fraction of sp³-hybridized carbons (Fsp3) is 0.150. The Hall–Kier alpha value is -2.35. The Morgan fingerprint density at radius 1 is 1.11 bits per heavy atom. The van der Waals surface area contributed by atoms with Gasteiger partial charge in [0, 0.05) is 29.4 Å². The van der Waals surface area contributed by atoms with E-state index in [9.17, 15) is 13.2 Å². The molecule has 0 saturated carbocycles. The number of nitrogens with one attached hydrogen (secondary N) is 1. The van der Waals surface area contributed by atoms with Crippen molar-refractivity contribution in [2.45, 2.75) is 17.7 Å². The smallest absolute Gasteiger partial charge is 0.271 e. The number of nitrogens with zero attached hydrogens (tertiary/aromatic N) is 1. The Morgan fingerprint density at radius 3 is 2.57 bits per heavy atom. The first-order valence-corrected chi connectivity index (χ1v) is 11.3. The number of benzene rings is 2. The van der Waals surface area contributed by atoms with Gasteiger partial charge in [-0.15, -0.1) is 11.3 Å². The zero-order valence-electron chi connectivity index (χ0n) is 15.1. The van der Waals surface area contributed by atoms with E-state index in [4.69, 9.17) is 11.6 Å². The summed E-state index contributed by atoms with van der Waals surface area (Å²) in [5.74, 6) is -0.181. The summed E-state index contributed by atoms with van der Waals surface area (Å²) in [6, 6.07) is 17.1. The topological polar surface area (TPSA) is 66.5 Å². The van der Waals surface area contributed by atoms with Gasteiger partial charge in [-0.2, -0.15) is 0 Å². The molecule has 146 valence electrons. The quantitative estimate of drug-likeness (QED) is 0.577. The molecule has 0 atom stereocenters. The summed E-state index contributed by atoms with van der Waals surface area (Å²) in [7, 11) is -3.66. The molecule has 0 fully saturated rings. The molecule has 3 rings (SSSR count). The van der Waals surface area contributed by atoms with E-state index in [2.05, 4.69) is 4.72 Å². The van der Waals surface area contributed by atoms with Gasteiger partial charge in [0.05, 0.1) is 0 Å². The van der Waals surface area contributed by atoms with Gasteiger partial charge in [0.25, 0.3) is 15.9 Å². The molecule has 0 unspecified atom stereocenters. The molecule has 5 nitrogen and oxygen atoms in total. The van der Waals surface area contributed by atoms with Crippen LogP contribution in [0.3, 0.4) is 0 Å². The lowest BCUT2D eigenvalue weighted by atomic mass is 10.1. The van der Waals surface area contributed by atoms with Crippen LogP contribution >= 0.6 is 22.9 Å². The van der Waals surface area contributed by atoms with Crippen molar-refractivity contribution in [2.75, 3.05) is 11.3 Å². The van der Waals surface area contributed by atoms with Crippen molar-refractivity contribution in [1.82, 2.24) is 4.90 Å². The molecule has 1 amide bonds. The maximum Gasteiger partial charge on any atom is 0.271 e. The number of carbonyl (C=O) groups is 1. The van der Waals surface area contributed by atoms with Gasteiger partial charge in [0.15, 0.2) is 0 Å². The first-order chi connectivity index (χ1) is 13.4. The molecule has 1 N–H and O–H groups in total. The van der Waals surface area contributed by atoms with Crippen LogP contribution in [-0.4, -0.2) is 25.8 Å². The monoisotopic (exact) mass is 434 g/mol. The summed E-state index contributed by atoms with van der Waals surface area (Å²) in [6.45, 7) is 2.82. The number of amides is 1. The number of carbonyl (C=O) groups excluding carboxylic acids is 1. The number of sulfonamides is 1. The predicted molar refractivity (Wildman–Crippen MR) is 113 cm³/mol. The van der Waals surface area contributed by atoms with Gasteiger partial charge in [-0.05, 0) is 54.3 Å². The minimum atomic E-state index is -3.66. The van der Waals surface area contributed by atoms with E-state index in [1.807, 2.05) is 25.1 Å². The average molecular weight is 435 g/mol. The molecule has 0 aliphatic carbocycles. The van der Waals surface area contributed by atoms with Crippen molar-refractivity contribution < 1.29 is 13.2 Å². The lowest BCUT2D eigenvalue weighted by Gasteiger charge is -2.21. The zero-order valence-corrected chi connectivity index (χ0v) is 17.5. The van der Waals surface area contributed by atoms with Gasteiger partial charge in [-0.3, -0.25) is 9.52 Å². The Bertz CT molecular complexity index is 1070.